The van der Waals surface area contributed by atoms with E-state index < -0.39 is 17.6 Å². The van der Waals surface area contributed by atoms with Crippen molar-refractivity contribution in [2.75, 3.05) is 0 Å². The van der Waals surface area contributed by atoms with Crippen molar-refractivity contribution >= 4 is 5.97 Å². The molecule has 2 rings (SSSR count). The van der Waals surface area contributed by atoms with Crippen LogP contribution in [0.2, 0.25) is 0 Å². The fraction of sp³-hybridized carbons (Fsp3) is 0.500. The molecule has 1 aromatic carbocycles. The predicted molar refractivity (Wildman–Crippen MR) is 63.6 cm³/mol. The summed E-state index contributed by atoms with van der Waals surface area (Å²) in [5.74, 6) is -1.24. The number of aliphatic carboxylic acids is 1. The normalized spacial score (nSPS) is 19.4. The van der Waals surface area contributed by atoms with Gasteiger partial charge in [-0.3, -0.25) is 4.79 Å². The number of carboxylic acid groups (broad SMARTS) is 1. The zero-order valence-corrected chi connectivity index (χ0v) is 9.95. The second kappa shape index (κ2) is 4.47. The molecule has 1 aliphatic carbocycles. The van der Waals surface area contributed by atoms with Crippen molar-refractivity contribution in [2.45, 2.75) is 38.3 Å². The number of rotatable bonds is 4. The first-order valence-corrected chi connectivity index (χ1v) is 6.02. The van der Waals surface area contributed by atoms with E-state index >= 15 is 0 Å². The summed E-state index contributed by atoms with van der Waals surface area (Å²) in [5.41, 5.74) is 0.447. The lowest BCUT2D eigenvalue weighted by molar-refractivity contribution is -0.141. The van der Waals surface area contributed by atoms with Crippen molar-refractivity contribution in [3.8, 4) is 0 Å². The summed E-state index contributed by atoms with van der Waals surface area (Å²) in [4.78, 5) is 10.8. The van der Waals surface area contributed by atoms with Crippen molar-refractivity contribution in [1.82, 2.24) is 0 Å². The Balaban J connectivity index is 2.14. The molecule has 0 heterocycles. The molecule has 0 bridgehead atoms. The molecule has 1 aromatic rings. The minimum absolute atomic E-state index is 0.429. The fourth-order valence-electron chi connectivity index (χ4n) is 2.19. The Morgan fingerprint density at radius 2 is 2.24 bits per heavy atom. The first kappa shape index (κ1) is 12.1. The molecular formula is C14H17FO2. The maximum absolute atomic E-state index is 14.2. The molecule has 0 spiro atoms. The number of carboxylic acids is 1. The monoisotopic (exact) mass is 236 g/mol. The smallest absolute Gasteiger partial charge is 0.306 e. The van der Waals surface area contributed by atoms with Crippen LogP contribution in [-0.4, -0.2) is 11.1 Å². The lowest BCUT2D eigenvalue weighted by Crippen LogP contribution is -2.28. The van der Waals surface area contributed by atoms with Gasteiger partial charge >= 0.3 is 5.97 Å². The average Bonchev–Trinajstić information content (AvgIpc) is 2.26. The van der Waals surface area contributed by atoms with E-state index in [0.29, 0.717) is 24.8 Å². The molecule has 2 nitrogen and oxygen atoms in total. The average molecular weight is 236 g/mol. The van der Waals surface area contributed by atoms with Crippen LogP contribution < -0.4 is 0 Å². The van der Waals surface area contributed by atoms with Crippen molar-refractivity contribution in [2.24, 2.45) is 5.92 Å². The number of benzene rings is 1. The topological polar surface area (TPSA) is 37.3 Å². The summed E-state index contributed by atoms with van der Waals surface area (Å²) >= 11 is 0. The zero-order chi connectivity index (χ0) is 12.5. The Bertz CT molecular complexity index is 424. The highest BCUT2D eigenvalue weighted by Crippen LogP contribution is 2.45. The second-order valence-electron chi connectivity index (χ2n) is 4.96. The number of hydrogen-bond acceptors (Lipinski definition) is 1. The van der Waals surface area contributed by atoms with Crippen LogP contribution in [-0.2, 0) is 16.9 Å². The van der Waals surface area contributed by atoms with Crippen LogP contribution in [0.15, 0.2) is 24.3 Å². The van der Waals surface area contributed by atoms with Gasteiger partial charge in [0.25, 0.3) is 0 Å². The SMILES string of the molecule is CC(Cc1cccc(C2(F)CCC2)c1)C(=O)O. The van der Waals surface area contributed by atoms with Crippen LogP contribution in [0.25, 0.3) is 0 Å². The Labute approximate surface area is 100 Å². The van der Waals surface area contributed by atoms with Crippen LogP contribution in [0.5, 0.6) is 0 Å². The van der Waals surface area contributed by atoms with Crippen molar-refractivity contribution in [1.29, 1.82) is 0 Å². The Kier molecular flexibility index (Phi) is 3.18. The highest BCUT2D eigenvalue weighted by atomic mass is 19.1. The van der Waals surface area contributed by atoms with E-state index in [4.69, 9.17) is 5.11 Å². The highest BCUT2D eigenvalue weighted by Gasteiger charge is 2.38. The number of hydrogen-bond donors (Lipinski definition) is 1. The molecule has 0 saturated heterocycles. The van der Waals surface area contributed by atoms with Gasteiger partial charge in [0.1, 0.15) is 5.67 Å². The highest BCUT2D eigenvalue weighted by molar-refractivity contribution is 5.69. The maximum Gasteiger partial charge on any atom is 0.306 e. The van der Waals surface area contributed by atoms with E-state index in [1.807, 2.05) is 18.2 Å². The molecule has 0 amide bonds. The number of alkyl halides is 1. The summed E-state index contributed by atoms with van der Waals surface area (Å²) in [6.45, 7) is 1.67. The Morgan fingerprint density at radius 1 is 1.53 bits per heavy atom. The zero-order valence-electron chi connectivity index (χ0n) is 9.95. The van der Waals surface area contributed by atoms with Crippen LogP contribution in [0.1, 0.15) is 37.3 Å². The molecule has 92 valence electrons. The van der Waals surface area contributed by atoms with Crippen LogP contribution >= 0.6 is 0 Å². The van der Waals surface area contributed by atoms with E-state index in [1.54, 1.807) is 13.0 Å². The van der Waals surface area contributed by atoms with Gasteiger partial charge in [-0.2, -0.15) is 0 Å². The molecule has 1 aliphatic rings. The molecule has 17 heavy (non-hydrogen) atoms. The van der Waals surface area contributed by atoms with Gasteiger partial charge < -0.3 is 5.11 Å². The molecule has 1 saturated carbocycles. The molecular weight excluding hydrogens is 219 g/mol. The van der Waals surface area contributed by atoms with Gasteiger partial charge in [-0.05, 0) is 36.8 Å². The molecule has 1 fully saturated rings. The molecule has 0 aliphatic heterocycles. The quantitative estimate of drug-likeness (QED) is 0.870. The third-order valence-corrected chi connectivity index (χ3v) is 3.55. The molecule has 1 unspecified atom stereocenters. The minimum atomic E-state index is -1.16. The van der Waals surface area contributed by atoms with Gasteiger partial charge in [0, 0.05) is 0 Å². The lowest BCUT2D eigenvalue weighted by atomic mass is 9.76. The van der Waals surface area contributed by atoms with Crippen LogP contribution in [0.4, 0.5) is 4.39 Å². The maximum atomic E-state index is 14.2. The molecule has 1 N–H and O–H groups in total. The Hall–Kier alpha value is -1.38. The standard InChI is InChI=1S/C14H17FO2/c1-10(13(16)17)8-11-4-2-5-12(9-11)14(15)6-3-7-14/h2,4-5,9-10H,3,6-8H2,1H3,(H,16,17). The van der Waals surface area contributed by atoms with Crippen molar-refractivity contribution in [3.05, 3.63) is 35.4 Å². The molecule has 1 atom stereocenters. The van der Waals surface area contributed by atoms with E-state index in [-0.39, 0.29) is 0 Å². The van der Waals surface area contributed by atoms with Gasteiger partial charge in [0.05, 0.1) is 5.92 Å². The first-order chi connectivity index (χ1) is 8.01. The predicted octanol–water partition coefficient (Wildman–Crippen LogP) is 3.30. The number of halogens is 1. The van der Waals surface area contributed by atoms with E-state index in [9.17, 15) is 9.18 Å². The summed E-state index contributed by atoms with van der Waals surface area (Å²) in [5, 5.41) is 8.86. The molecule has 0 radical (unpaired) electrons. The van der Waals surface area contributed by atoms with Crippen LogP contribution in [0, 0.1) is 5.92 Å². The van der Waals surface area contributed by atoms with Gasteiger partial charge in [0.2, 0.25) is 0 Å². The first-order valence-electron chi connectivity index (χ1n) is 6.02. The molecule has 3 heteroatoms. The third-order valence-electron chi connectivity index (χ3n) is 3.55. The fourth-order valence-corrected chi connectivity index (χ4v) is 2.19. The van der Waals surface area contributed by atoms with Gasteiger partial charge in [-0.1, -0.05) is 31.2 Å². The summed E-state index contributed by atoms with van der Waals surface area (Å²) < 4.78 is 14.2. The van der Waals surface area contributed by atoms with Gasteiger partial charge in [-0.25, -0.2) is 4.39 Å². The molecule has 0 aromatic heterocycles. The van der Waals surface area contributed by atoms with Crippen molar-refractivity contribution in [3.63, 3.8) is 0 Å². The summed E-state index contributed by atoms with van der Waals surface area (Å²) in [6, 6.07) is 7.30. The van der Waals surface area contributed by atoms with E-state index in [2.05, 4.69) is 0 Å². The van der Waals surface area contributed by atoms with E-state index in [1.165, 1.54) is 0 Å². The van der Waals surface area contributed by atoms with Crippen molar-refractivity contribution < 1.29 is 14.3 Å². The lowest BCUT2D eigenvalue weighted by Gasteiger charge is -2.34. The minimum Gasteiger partial charge on any atom is -0.481 e. The number of carbonyl (C=O) groups is 1. The summed E-state index contributed by atoms with van der Waals surface area (Å²) in [7, 11) is 0. The second-order valence-corrected chi connectivity index (χ2v) is 4.96. The Morgan fingerprint density at radius 3 is 2.76 bits per heavy atom. The summed E-state index contributed by atoms with van der Waals surface area (Å²) in [6.07, 6.45) is 2.57. The van der Waals surface area contributed by atoms with Gasteiger partial charge in [0.15, 0.2) is 0 Å². The largest absolute Gasteiger partial charge is 0.481 e. The van der Waals surface area contributed by atoms with E-state index in [0.717, 1.165) is 12.0 Å². The van der Waals surface area contributed by atoms with Crippen LogP contribution in [0.3, 0.4) is 0 Å². The third kappa shape index (κ3) is 2.48. The van der Waals surface area contributed by atoms with Gasteiger partial charge in [-0.15, -0.1) is 0 Å².